The van der Waals surface area contributed by atoms with Crippen LogP contribution in [0.5, 0.6) is 0 Å². The molecule has 10 heteroatoms. The fourth-order valence-corrected chi connectivity index (χ4v) is 8.09. The molecular weight excluding hydrogens is 706 g/mol. The molecule has 1 saturated carbocycles. The van der Waals surface area contributed by atoms with Crippen LogP contribution in [-0.4, -0.2) is 50.0 Å². The lowest BCUT2D eigenvalue weighted by atomic mass is 9.94. The molecule has 1 atom stereocenters. The molecule has 0 saturated heterocycles. The quantitative estimate of drug-likeness (QED) is 0.141. The van der Waals surface area contributed by atoms with Crippen molar-refractivity contribution in [2.24, 2.45) is 0 Å². The molecule has 2 amide bonds. The Kier molecular flexibility index (Phi) is 12.4. The average molecular weight is 749 g/mol. The molecule has 1 aliphatic rings. The number of benzene rings is 4. The van der Waals surface area contributed by atoms with E-state index in [1.807, 2.05) is 79.9 Å². The number of amides is 2. The third-order valence-corrected chi connectivity index (χ3v) is 11.8. The summed E-state index contributed by atoms with van der Waals surface area (Å²) in [5.74, 6) is -0.698. The second-order valence-electron chi connectivity index (χ2n) is 12.2. The maximum Gasteiger partial charge on any atom is 0.264 e. The smallest absolute Gasteiger partial charge is 0.264 e. The monoisotopic (exact) mass is 747 g/mol. The van der Waals surface area contributed by atoms with Gasteiger partial charge in [0.25, 0.3) is 10.0 Å². The van der Waals surface area contributed by atoms with Gasteiger partial charge in [-0.2, -0.15) is 0 Å². The van der Waals surface area contributed by atoms with E-state index in [0.29, 0.717) is 5.69 Å². The maximum absolute atomic E-state index is 14.7. The van der Waals surface area contributed by atoms with Crippen LogP contribution in [0.3, 0.4) is 0 Å². The predicted molar refractivity (Wildman–Crippen MR) is 198 cm³/mol. The summed E-state index contributed by atoms with van der Waals surface area (Å²) in [6, 6.07) is 30.2. The lowest BCUT2D eigenvalue weighted by Crippen LogP contribution is -2.55. The van der Waals surface area contributed by atoms with Gasteiger partial charge in [0, 0.05) is 28.4 Å². The van der Waals surface area contributed by atoms with Crippen LogP contribution in [-0.2, 0) is 32.6 Å². The number of hydrogen-bond donors (Lipinski definition) is 1. The van der Waals surface area contributed by atoms with E-state index >= 15 is 0 Å². The number of rotatable bonds is 13. The molecule has 0 aliphatic heterocycles. The van der Waals surface area contributed by atoms with Crippen molar-refractivity contribution in [3.8, 4) is 0 Å². The highest BCUT2D eigenvalue weighted by Crippen LogP contribution is 2.27. The van der Waals surface area contributed by atoms with Crippen molar-refractivity contribution in [1.82, 2.24) is 10.2 Å². The van der Waals surface area contributed by atoms with Gasteiger partial charge in [-0.05, 0) is 85.7 Å². The highest BCUT2D eigenvalue weighted by molar-refractivity contribution is 9.10. The molecule has 0 spiro atoms. The molecule has 0 bridgehead atoms. The summed E-state index contributed by atoms with van der Waals surface area (Å²) < 4.78 is 30.6. The summed E-state index contributed by atoms with van der Waals surface area (Å²) in [5.41, 5.74) is 3.07. The number of aryl methyl sites for hydroxylation is 1. The van der Waals surface area contributed by atoms with E-state index in [9.17, 15) is 18.0 Å². The van der Waals surface area contributed by atoms with Crippen molar-refractivity contribution < 1.29 is 18.0 Å². The van der Waals surface area contributed by atoms with Crippen molar-refractivity contribution in [3.05, 3.63) is 124 Å². The molecule has 0 unspecified atom stereocenters. The van der Waals surface area contributed by atoms with Gasteiger partial charge in [0.15, 0.2) is 0 Å². The Balaban J connectivity index is 1.55. The second kappa shape index (κ2) is 16.7. The van der Waals surface area contributed by atoms with E-state index in [1.165, 1.54) is 11.8 Å². The molecule has 252 valence electrons. The van der Waals surface area contributed by atoms with Crippen LogP contribution in [0, 0.1) is 6.92 Å². The lowest BCUT2D eigenvalue weighted by Gasteiger charge is -2.35. The van der Waals surface area contributed by atoms with Crippen molar-refractivity contribution in [2.75, 3.05) is 17.1 Å². The number of carbonyl (C=O) groups is 2. The number of nitrogens with zero attached hydrogens (tertiary/aromatic N) is 2. The van der Waals surface area contributed by atoms with E-state index in [1.54, 1.807) is 41.3 Å². The number of thioether (sulfide) groups is 1. The minimum absolute atomic E-state index is 0.0443. The predicted octanol–water partition coefficient (Wildman–Crippen LogP) is 7.76. The molecule has 0 radical (unpaired) electrons. The Morgan fingerprint density at radius 1 is 0.854 bits per heavy atom. The summed E-state index contributed by atoms with van der Waals surface area (Å²) >= 11 is 5.01. The largest absolute Gasteiger partial charge is 0.352 e. The lowest BCUT2D eigenvalue weighted by molar-refractivity contribution is -0.140. The molecule has 48 heavy (non-hydrogen) atoms. The van der Waals surface area contributed by atoms with Crippen molar-refractivity contribution in [2.45, 2.75) is 73.9 Å². The van der Waals surface area contributed by atoms with Gasteiger partial charge in [0.2, 0.25) is 11.8 Å². The number of sulfonamides is 1. The van der Waals surface area contributed by atoms with Crippen LogP contribution in [0.2, 0.25) is 0 Å². The zero-order valence-electron chi connectivity index (χ0n) is 27.3. The molecule has 7 nitrogen and oxygen atoms in total. The fourth-order valence-electron chi connectivity index (χ4n) is 6.00. The van der Waals surface area contributed by atoms with Crippen LogP contribution in [0.1, 0.15) is 48.8 Å². The van der Waals surface area contributed by atoms with Crippen molar-refractivity contribution in [3.63, 3.8) is 0 Å². The van der Waals surface area contributed by atoms with Crippen LogP contribution < -0.4 is 9.62 Å². The molecule has 5 rings (SSSR count). The molecule has 0 aromatic heterocycles. The number of carbonyl (C=O) groups excluding carboxylic acids is 2. The van der Waals surface area contributed by atoms with Crippen molar-refractivity contribution >= 4 is 55.2 Å². The van der Waals surface area contributed by atoms with Gasteiger partial charge in [-0.1, -0.05) is 95.4 Å². The number of hydrogen-bond acceptors (Lipinski definition) is 5. The average Bonchev–Trinajstić information content (AvgIpc) is 3.10. The first-order valence-electron chi connectivity index (χ1n) is 16.3. The Morgan fingerprint density at radius 2 is 1.50 bits per heavy atom. The first-order valence-corrected chi connectivity index (χ1v) is 19.7. The molecular formula is C38H42BrN3O4S2. The van der Waals surface area contributed by atoms with E-state index < -0.39 is 28.5 Å². The zero-order chi connectivity index (χ0) is 34.1. The first-order chi connectivity index (χ1) is 23.1. The molecule has 1 fully saturated rings. The highest BCUT2D eigenvalue weighted by Gasteiger charge is 2.35. The fraction of sp³-hybridized carbons (Fsp3) is 0.316. The maximum atomic E-state index is 14.7. The molecule has 1 aliphatic carbocycles. The zero-order valence-corrected chi connectivity index (χ0v) is 30.6. The van der Waals surface area contributed by atoms with E-state index in [0.717, 1.165) is 62.5 Å². The van der Waals surface area contributed by atoms with Gasteiger partial charge in [0.05, 0.1) is 10.6 Å². The Hall–Kier alpha value is -3.60. The molecule has 1 N–H and O–H groups in total. The normalized spacial score (nSPS) is 14.2. The molecule has 4 aromatic carbocycles. The number of nitrogens with one attached hydrogen (secondary N) is 1. The summed E-state index contributed by atoms with van der Waals surface area (Å²) in [5, 5.41) is 3.25. The highest BCUT2D eigenvalue weighted by atomic mass is 79.9. The van der Waals surface area contributed by atoms with Gasteiger partial charge in [-0.3, -0.25) is 13.9 Å². The van der Waals surface area contributed by atoms with Crippen LogP contribution >= 0.6 is 27.7 Å². The molecule has 0 heterocycles. The number of halogens is 1. The first kappa shape index (κ1) is 35.7. The van der Waals surface area contributed by atoms with Crippen LogP contribution in [0.15, 0.2) is 117 Å². The minimum atomic E-state index is -4.16. The van der Waals surface area contributed by atoms with Crippen molar-refractivity contribution in [1.29, 1.82) is 0 Å². The second-order valence-corrected chi connectivity index (χ2v) is 15.9. The van der Waals surface area contributed by atoms with Gasteiger partial charge in [0.1, 0.15) is 12.6 Å². The Labute approximate surface area is 297 Å². The summed E-state index contributed by atoms with van der Waals surface area (Å²) in [4.78, 5) is 31.5. The van der Waals surface area contributed by atoms with E-state index in [2.05, 4.69) is 21.2 Å². The third-order valence-electron chi connectivity index (χ3n) is 8.74. The van der Waals surface area contributed by atoms with Gasteiger partial charge in [-0.25, -0.2) is 8.42 Å². The van der Waals surface area contributed by atoms with Gasteiger partial charge < -0.3 is 10.2 Å². The van der Waals surface area contributed by atoms with Gasteiger partial charge in [-0.15, -0.1) is 11.8 Å². The molecule has 4 aromatic rings. The Bertz CT molecular complexity index is 1760. The van der Waals surface area contributed by atoms with E-state index in [4.69, 9.17) is 0 Å². The minimum Gasteiger partial charge on any atom is -0.352 e. The third kappa shape index (κ3) is 9.30. The summed E-state index contributed by atoms with van der Waals surface area (Å²) in [6.45, 7) is 1.58. The Morgan fingerprint density at radius 3 is 2.12 bits per heavy atom. The number of anilines is 1. The standard InChI is InChI=1S/C38H42BrN3O4S2/c1-28-13-19-33(20-14-28)42(48(45,46)35-23-21-34(47-2)22-24-35)27-37(43)41(26-30-15-17-31(39)18-16-30)36(25-29-9-5-3-6-10-29)38(44)40-32-11-7-4-8-12-32/h3,5-6,9-10,13-24,32,36H,4,7-8,11-12,25-27H2,1-2H3,(H,40,44)/t36-/m0/s1. The van der Waals surface area contributed by atoms with Gasteiger partial charge >= 0.3 is 0 Å². The SMILES string of the molecule is CSc1ccc(S(=O)(=O)N(CC(=O)N(Cc2ccc(Br)cc2)[C@@H](Cc2ccccc2)C(=O)NC2CCCCC2)c2ccc(C)cc2)cc1. The summed E-state index contributed by atoms with van der Waals surface area (Å²) in [6.07, 6.45) is 7.27. The van der Waals surface area contributed by atoms with E-state index in [-0.39, 0.29) is 29.8 Å². The van der Waals surface area contributed by atoms with Crippen LogP contribution in [0.4, 0.5) is 5.69 Å². The summed E-state index contributed by atoms with van der Waals surface area (Å²) in [7, 11) is -4.16. The van der Waals surface area contributed by atoms with Crippen LogP contribution in [0.25, 0.3) is 0 Å². The topological polar surface area (TPSA) is 86.8 Å².